The van der Waals surface area contributed by atoms with Crippen molar-refractivity contribution in [1.82, 2.24) is 9.55 Å². The molecule has 2 atom stereocenters. The van der Waals surface area contributed by atoms with Gasteiger partial charge in [-0.15, -0.1) is 0 Å². The lowest BCUT2D eigenvalue weighted by Gasteiger charge is -2.38. The van der Waals surface area contributed by atoms with Gasteiger partial charge in [-0.05, 0) is 31.1 Å². The first-order chi connectivity index (χ1) is 7.01. The lowest BCUT2D eigenvalue weighted by molar-refractivity contribution is -0.0453. The second-order valence-corrected chi connectivity index (χ2v) is 5.25. The Morgan fingerprint density at radius 1 is 1.40 bits per heavy atom. The number of hydrogen-bond donors (Lipinski definition) is 1. The molecule has 1 saturated carbocycles. The van der Waals surface area contributed by atoms with E-state index in [1.165, 1.54) is 6.42 Å². The van der Waals surface area contributed by atoms with Gasteiger partial charge in [0.05, 0.1) is 0 Å². The molecule has 3 nitrogen and oxygen atoms in total. The number of aromatic nitrogens is 2. The summed E-state index contributed by atoms with van der Waals surface area (Å²) in [5, 5.41) is 10.7. The zero-order chi connectivity index (χ0) is 11.1. The first kappa shape index (κ1) is 10.7. The van der Waals surface area contributed by atoms with Gasteiger partial charge >= 0.3 is 0 Å². The summed E-state index contributed by atoms with van der Waals surface area (Å²) in [4.78, 5) is 4.29. The monoisotopic (exact) mass is 208 g/mol. The Morgan fingerprint density at radius 3 is 2.47 bits per heavy atom. The number of aryl methyl sites for hydroxylation is 1. The van der Waals surface area contributed by atoms with E-state index in [1.54, 1.807) is 6.20 Å². The predicted molar refractivity (Wildman–Crippen MR) is 59.3 cm³/mol. The summed E-state index contributed by atoms with van der Waals surface area (Å²) in [7, 11) is 1.95. The minimum atomic E-state index is -0.713. The van der Waals surface area contributed by atoms with Crippen LogP contribution in [0.3, 0.4) is 0 Å². The molecular weight excluding hydrogens is 188 g/mol. The average molecular weight is 208 g/mol. The van der Waals surface area contributed by atoms with Gasteiger partial charge in [0.1, 0.15) is 11.4 Å². The van der Waals surface area contributed by atoms with E-state index in [9.17, 15) is 5.11 Å². The Hall–Kier alpha value is -0.830. The third-order valence-electron chi connectivity index (χ3n) is 3.41. The fourth-order valence-electron chi connectivity index (χ4n) is 3.09. The maximum absolute atomic E-state index is 10.7. The van der Waals surface area contributed by atoms with Gasteiger partial charge < -0.3 is 9.67 Å². The Balaban J connectivity index is 2.29. The molecule has 2 rings (SSSR count). The number of hydrogen-bond acceptors (Lipinski definition) is 2. The highest BCUT2D eigenvalue weighted by molar-refractivity contribution is 5.07. The van der Waals surface area contributed by atoms with Crippen molar-refractivity contribution in [3.8, 4) is 0 Å². The van der Waals surface area contributed by atoms with E-state index in [4.69, 9.17) is 0 Å². The van der Waals surface area contributed by atoms with E-state index in [0.717, 1.165) is 18.7 Å². The van der Waals surface area contributed by atoms with E-state index in [2.05, 4.69) is 18.8 Å². The van der Waals surface area contributed by atoms with Crippen LogP contribution in [0, 0.1) is 11.8 Å². The maximum atomic E-state index is 10.7. The van der Waals surface area contributed by atoms with E-state index in [0.29, 0.717) is 11.8 Å². The molecule has 1 aromatic rings. The van der Waals surface area contributed by atoms with Crippen molar-refractivity contribution in [1.29, 1.82) is 0 Å². The third-order valence-corrected chi connectivity index (χ3v) is 3.41. The second-order valence-electron chi connectivity index (χ2n) is 5.25. The van der Waals surface area contributed by atoms with Crippen molar-refractivity contribution < 1.29 is 5.11 Å². The topological polar surface area (TPSA) is 38.1 Å². The summed E-state index contributed by atoms with van der Waals surface area (Å²) in [6, 6.07) is 0. The molecule has 1 fully saturated rings. The summed E-state index contributed by atoms with van der Waals surface area (Å²) >= 11 is 0. The normalized spacial score (nSPS) is 36.8. The highest BCUT2D eigenvalue weighted by atomic mass is 16.3. The highest BCUT2D eigenvalue weighted by Crippen LogP contribution is 2.41. The maximum Gasteiger partial charge on any atom is 0.140 e. The van der Waals surface area contributed by atoms with Gasteiger partial charge in [0.2, 0.25) is 0 Å². The molecular formula is C12H20N2O. The van der Waals surface area contributed by atoms with Crippen molar-refractivity contribution in [2.24, 2.45) is 18.9 Å². The molecule has 84 valence electrons. The van der Waals surface area contributed by atoms with Crippen LogP contribution >= 0.6 is 0 Å². The molecule has 1 aliphatic rings. The van der Waals surface area contributed by atoms with Gasteiger partial charge in [-0.2, -0.15) is 0 Å². The third kappa shape index (κ3) is 1.93. The molecule has 3 heteroatoms. The Morgan fingerprint density at radius 2 is 2.00 bits per heavy atom. The molecule has 1 N–H and O–H groups in total. The van der Waals surface area contributed by atoms with Crippen molar-refractivity contribution in [3.63, 3.8) is 0 Å². The van der Waals surface area contributed by atoms with Crippen LogP contribution < -0.4 is 0 Å². The molecule has 1 aliphatic carbocycles. The van der Waals surface area contributed by atoms with Gasteiger partial charge in [-0.1, -0.05) is 13.8 Å². The van der Waals surface area contributed by atoms with E-state index < -0.39 is 5.60 Å². The van der Waals surface area contributed by atoms with Crippen LogP contribution in [0.25, 0.3) is 0 Å². The van der Waals surface area contributed by atoms with Crippen molar-refractivity contribution in [2.75, 3.05) is 0 Å². The number of aliphatic hydroxyl groups is 1. The van der Waals surface area contributed by atoms with E-state index in [1.807, 2.05) is 17.8 Å². The molecule has 0 aromatic carbocycles. The first-order valence-electron chi connectivity index (χ1n) is 5.71. The van der Waals surface area contributed by atoms with Gasteiger partial charge in [-0.3, -0.25) is 0 Å². The SMILES string of the molecule is CC1CC(C)CC(O)(c2nccn2C)C1. The first-order valence-corrected chi connectivity index (χ1v) is 5.71. The fraction of sp³-hybridized carbons (Fsp3) is 0.750. The quantitative estimate of drug-likeness (QED) is 0.767. The van der Waals surface area contributed by atoms with Gasteiger partial charge in [0.25, 0.3) is 0 Å². The number of rotatable bonds is 1. The lowest BCUT2D eigenvalue weighted by atomic mass is 9.73. The molecule has 0 bridgehead atoms. The van der Waals surface area contributed by atoms with Crippen LogP contribution in [0.5, 0.6) is 0 Å². The van der Waals surface area contributed by atoms with E-state index in [-0.39, 0.29) is 0 Å². The largest absolute Gasteiger partial charge is 0.382 e. The molecule has 0 saturated heterocycles. The van der Waals surface area contributed by atoms with Gasteiger partial charge in [0.15, 0.2) is 0 Å². The van der Waals surface area contributed by atoms with Crippen LogP contribution in [0.15, 0.2) is 12.4 Å². The predicted octanol–water partition coefficient (Wildman–Crippen LogP) is 2.06. The second kappa shape index (κ2) is 3.63. The molecule has 15 heavy (non-hydrogen) atoms. The minimum absolute atomic E-state index is 0.579. The van der Waals surface area contributed by atoms with Gasteiger partial charge in [-0.25, -0.2) is 4.98 Å². The van der Waals surface area contributed by atoms with Crippen LogP contribution in [0.1, 0.15) is 38.9 Å². The summed E-state index contributed by atoms with van der Waals surface area (Å²) < 4.78 is 1.94. The standard InChI is InChI=1S/C12H20N2O/c1-9-6-10(2)8-12(15,7-9)11-13-4-5-14(11)3/h4-5,9-10,15H,6-8H2,1-3H3. The van der Waals surface area contributed by atoms with Crippen LogP contribution in [0.2, 0.25) is 0 Å². The van der Waals surface area contributed by atoms with Crippen molar-refractivity contribution in [3.05, 3.63) is 18.2 Å². The fourth-order valence-corrected chi connectivity index (χ4v) is 3.09. The molecule has 1 aromatic heterocycles. The molecule has 1 heterocycles. The summed E-state index contributed by atoms with van der Waals surface area (Å²) in [5.41, 5.74) is -0.713. The molecule has 0 amide bonds. The van der Waals surface area contributed by atoms with Crippen molar-refractivity contribution >= 4 is 0 Å². The van der Waals surface area contributed by atoms with E-state index >= 15 is 0 Å². The summed E-state index contributed by atoms with van der Waals surface area (Å²) in [6.45, 7) is 4.42. The number of imidazole rings is 1. The summed E-state index contributed by atoms with van der Waals surface area (Å²) in [5.74, 6) is 1.98. The van der Waals surface area contributed by atoms with Crippen LogP contribution in [0.4, 0.5) is 0 Å². The smallest absolute Gasteiger partial charge is 0.140 e. The van der Waals surface area contributed by atoms with Crippen LogP contribution in [-0.4, -0.2) is 14.7 Å². The van der Waals surface area contributed by atoms with Gasteiger partial charge in [0, 0.05) is 19.4 Å². The van der Waals surface area contributed by atoms with Crippen molar-refractivity contribution in [2.45, 2.75) is 38.7 Å². The highest BCUT2D eigenvalue weighted by Gasteiger charge is 2.40. The number of nitrogens with zero attached hydrogens (tertiary/aromatic N) is 2. The molecule has 0 radical (unpaired) electrons. The average Bonchev–Trinajstić information content (AvgIpc) is 2.48. The zero-order valence-electron chi connectivity index (χ0n) is 9.77. The molecule has 2 unspecified atom stereocenters. The minimum Gasteiger partial charge on any atom is -0.382 e. The Kier molecular flexibility index (Phi) is 2.59. The molecule has 0 aliphatic heterocycles. The molecule has 0 spiro atoms. The zero-order valence-corrected chi connectivity index (χ0v) is 9.77. The Bertz CT molecular complexity index is 335. The van der Waals surface area contributed by atoms with Crippen LogP contribution in [-0.2, 0) is 12.6 Å². The summed E-state index contributed by atoms with van der Waals surface area (Å²) in [6.07, 6.45) is 6.55. The Labute approximate surface area is 91.1 Å². The lowest BCUT2D eigenvalue weighted by Crippen LogP contribution is -2.37.